The van der Waals surface area contributed by atoms with Gasteiger partial charge in [0.05, 0.1) is 16.5 Å². The summed E-state index contributed by atoms with van der Waals surface area (Å²) in [6.45, 7) is 2.72. The van der Waals surface area contributed by atoms with Gasteiger partial charge in [-0.3, -0.25) is 4.79 Å². The Morgan fingerprint density at radius 1 is 0.853 bits per heavy atom. The van der Waals surface area contributed by atoms with E-state index in [2.05, 4.69) is 0 Å². The number of carbonyl (C=O) groups excluding carboxylic acids is 1. The zero-order valence-electron chi connectivity index (χ0n) is 18.9. The van der Waals surface area contributed by atoms with E-state index in [1.165, 1.54) is 10.4 Å². The van der Waals surface area contributed by atoms with E-state index in [0.717, 1.165) is 10.8 Å². The first kappa shape index (κ1) is 22.8. The van der Waals surface area contributed by atoms with Crippen LogP contribution in [0.4, 0.5) is 10.1 Å². The summed E-state index contributed by atoms with van der Waals surface area (Å²) in [7, 11) is -3.69. The van der Waals surface area contributed by atoms with Crippen LogP contribution < -0.4 is 4.90 Å². The zero-order chi connectivity index (χ0) is 23.7. The van der Waals surface area contributed by atoms with Crippen LogP contribution in [0.15, 0.2) is 71.6 Å². The van der Waals surface area contributed by atoms with E-state index in [1.54, 1.807) is 29.2 Å². The fourth-order valence-electron chi connectivity index (χ4n) is 4.97. The molecule has 5 rings (SSSR count). The van der Waals surface area contributed by atoms with E-state index in [4.69, 9.17) is 0 Å². The van der Waals surface area contributed by atoms with Crippen molar-refractivity contribution in [2.45, 2.75) is 17.7 Å². The summed E-state index contributed by atoms with van der Waals surface area (Å²) in [5.41, 5.74) is 0.555. The number of fused-ring (bicyclic) bond motifs is 1. The van der Waals surface area contributed by atoms with Gasteiger partial charge in [0.1, 0.15) is 5.82 Å². The largest absolute Gasteiger partial charge is 0.366 e. The predicted octanol–water partition coefficient (Wildman–Crippen LogP) is 3.73. The Labute approximate surface area is 199 Å². The van der Waals surface area contributed by atoms with Crippen LogP contribution in [-0.2, 0) is 14.8 Å². The lowest BCUT2D eigenvalue weighted by atomic mass is 9.97. The van der Waals surface area contributed by atoms with Gasteiger partial charge in [0.25, 0.3) is 0 Å². The maximum Gasteiger partial charge on any atom is 0.243 e. The van der Waals surface area contributed by atoms with Crippen LogP contribution in [0, 0.1) is 11.7 Å². The van der Waals surface area contributed by atoms with Crippen molar-refractivity contribution in [3.8, 4) is 0 Å². The SMILES string of the molecule is O=C([C@@H]1CCCN(S(=O)(=O)c2ccc3ccccc3c2)C1)N1CCN(c2ccccc2F)CC1. The molecule has 6 nitrogen and oxygen atoms in total. The molecule has 2 fully saturated rings. The lowest BCUT2D eigenvalue weighted by Gasteiger charge is -2.39. The maximum atomic E-state index is 14.1. The van der Waals surface area contributed by atoms with Gasteiger partial charge >= 0.3 is 0 Å². The number of nitrogens with zero attached hydrogens (tertiary/aromatic N) is 3. The highest BCUT2D eigenvalue weighted by molar-refractivity contribution is 7.89. The van der Waals surface area contributed by atoms with Crippen molar-refractivity contribution in [1.29, 1.82) is 0 Å². The zero-order valence-corrected chi connectivity index (χ0v) is 19.8. The van der Waals surface area contributed by atoms with E-state index in [9.17, 15) is 17.6 Å². The Hall–Kier alpha value is -2.97. The minimum absolute atomic E-state index is 0.00778. The lowest BCUT2D eigenvalue weighted by molar-refractivity contribution is -0.137. The van der Waals surface area contributed by atoms with Gasteiger partial charge in [-0.15, -0.1) is 0 Å². The number of para-hydroxylation sites is 1. The monoisotopic (exact) mass is 481 g/mol. The quantitative estimate of drug-likeness (QED) is 0.570. The second kappa shape index (κ2) is 9.35. The first-order valence-corrected chi connectivity index (χ1v) is 13.1. The molecule has 0 unspecified atom stereocenters. The molecule has 8 heteroatoms. The average Bonchev–Trinajstić information content (AvgIpc) is 2.88. The fourth-order valence-corrected chi connectivity index (χ4v) is 6.53. The molecule has 2 heterocycles. The Morgan fingerprint density at radius 3 is 2.32 bits per heavy atom. The topological polar surface area (TPSA) is 60.9 Å². The van der Waals surface area contributed by atoms with Crippen molar-refractivity contribution in [3.63, 3.8) is 0 Å². The minimum Gasteiger partial charge on any atom is -0.366 e. The number of anilines is 1. The fraction of sp³-hybridized carbons (Fsp3) is 0.346. The Morgan fingerprint density at radius 2 is 1.56 bits per heavy atom. The van der Waals surface area contributed by atoms with Crippen LogP contribution in [0.25, 0.3) is 10.8 Å². The normalized spacial score (nSPS) is 20.0. The van der Waals surface area contributed by atoms with Crippen molar-refractivity contribution in [3.05, 3.63) is 72.5 Å². The van der Waals surface area contributed by atoms with Crippen LogP contribution in [0.1, 0.15) is 12.8 Å². The summed E-state index contributed by atoms with van der Waals surface area (Å²) in [6, 6.07) is 19.5. The highest BCUT2D eigenvalue weighted by atomic mass is 32.2. The number of amides is 1. The van der Waals surface area contributed by atoms with Crippen molar-refractivity contribution in [2.24, 2.45) is 5.92 Å². The first-order valence-electron chi connectivity index (χ1n) is 11.7. The van der Waals surface area contributed by atoms with Crippen molar-refractivity contribution in [2.75, 3.05) is 44.2 Å². The predicted molar refractivity (Wildman–Crippen MR) is 131 cm³/mol. The second-order valence-corrected chi connectivity index (χ2v) is 10.9. The molecule has 34 heavy (non-hydrogen) atoms. The smallest absolute Gasteiger partial charge is 0.243 e. The molecule has 0 aliphatic carbocycles. The van der Waals surface area contributed by atoms with Gasteiger partial charge in [-0.25, -0.2) is 12.8 Å². The molecular weight excluding hydrogens is 453 g/mol. The molecule has 0 saturated carbocycles. The molecule has 3 aromatic rings. The van der Waals surface area contributed by atoms with Gasteiger partial charge in [0, 0.05) is 39.3 Å². The van der Waals surface area contributed by atoms with Crippen LogP contribution in [0.2, 0.25) is 0 Å². The van der Waals surface area contributed by atoms with E-state index >= 15 is 0 Å². The molecule has 178 valence electrons. The van der Waals surface area contributed by atoms with Crippen molar-refractivity contribution >= 4 is 32.4 Å². The summed E-state index contributed by atoms with van der Waals surface area (Å²) >= 11 is 0. The maximum absolute atomic E-state index is 14.1. The standard InChI is InChI=1S/C26H28FN3O3S/c27-24-9-3-4-10-25(24)28-14-16-29(17-15-28)26(31)22-8-5-13-30(19-22)34(32,33)23-12-11-20-6-1-2-7-21(20)18-23/h1-4,6-7,9-12,18,22H,5,8,13-17,19H2/t22-/m1/s1. The summed E-state index contributed by atoms with van der Waals surface area (Å²) in [5, 5.41) is 1.86. The number of piperidine rings is 1. The van der Waals surface area contributed by atoms with Crippen molar-refractivity contribution < 1.29 is 17.6 Å². The Bertz CT molecular complexity index is 1310. The number of piperazine rings is 1. The highest BCUT2D eigenvalue weighted by Gasteiger charge is 2.36. The summed E-state index contributed by atoms with van der Waals surface area (Å²) in [6.07, 6.45) is 1.33. The molecule has 0 radical (unpaired) electrons. The van der Waals surface area contributed by atoms with Crippen LogP contribution in [0.3, 0.4) is 0 Å². The van der Waals surface area contributed by atoms with Gasteiger partial charge in [-0.1, -0.05) is 42.5 Å². The van der Waals surface area contributed by atoms with E-state index in [0.29, 0.717) is 51.3 Å². The summed E-state index contributed by atoms with van der Waals surface area (Å²) in [5.74, 6) is -0.625. The highest BCUT2D eigenvalue weighted by Crippen LogP contribution is 2.28. The number of carbonyl (C=O) groups is 1. The van der Waals surface area contributed by atoms with Gasteiger partial charge in [-0.05, 0) is 47.9 Å². The average molecular weight is 482 g/mol. The number of sulfonamides is 1. The second-order valence-electron chi connectivity index (χ2n) is 8.97. The van der Waals surface area contributed by atoms with Gasteiger partial charge < -0.3 is 9.80 Å². The number of halogens is 1. The molecule has 2 aliphatic rings. The molecule has 1 amide bonds. The molecule has 3 aromatic carbocycles. The molecule has 0 spiro atoms. The summed E-state index contributed by atoms with van der Waals surface area (Å²) < 4.78 is 42.3. The third-order valence-electron chi connectivity index (χ3n) is 6.88. The van der Waals surface area contributed by atoms with E-state index < -0.39 is 10.0 Å². The third kappa shape index (κ3) is 4.40. The molecule has 0 N–H and O–H groups in total. The van der Waals surface area contributed by atoms with Crippen molar-refractivity contribution in [1.82, 2.24) is 9.21 Å². The number of hydrogen-bond acceptors (Lipinski definition) is 4. The van der Waals surface area contributed by atoms with Crippen LogP contribution in [0.5, 0.6) is 0 Å². The molecule has 2 saturated heterocycles. The molecule has 0 aromatic heterocycles. The number of hydrogen-bond donors (Lipinski definition) is 0. The molecular formula is C26H28FN3O3S. The van der Waals surface area contributed by atoms with E-state index in [1.807, 2.05) is 41.3 Å². The van der Waals surface area contributed by atoms with Crippen LogP contribution in [-0.4, -0.2) is 62.8 Å². The minimum atomic E-state index is -3.69. The lowest BCUT2D eigenvalue weighted by Crippen LogP contribution is -2.53. The van der Waals surface area contributed by atoms with Gasteiger partial charge in [-0.2, -0.15) is 4.31 Å². The van der Waals surface area contributed by atoms with Gasteiger partial charge in [0.2, 0.25) is 15.9 Å². The molecule has 0 bridgehead atoms. The molecule has 1 atom stereocenters. The third-order valence-corrected chi connectivity index (χ3v) is 8.74. The number of rotatable bonds is 4. The summed E-state index contributed by atoms with van der Waals surface area (Å²) in [4.78, 5) is 17.3. The number of benzene rings is 3. The molecule has 2 aliphatic heterocycles. The van der Waals surface area contributed by atoms with Crippen LogP contribution >= 0.6 is 0 Å². The Kier molecular flexibility index (Phi) is 6.27. The van der Waals surface area contributed by atoms with Gasteiger partial charge in [0.15, 0.2) is 0 Å². The first-order chi connectivity index (χ1) is 16.4. The van der Waals surface area contributed by atoms with E-state index in [-0.39, 0.29) is 29.1 Å². The Balaban J connectivity index is 1.26.